The molecule has 8 heteroatoms. The smallest absolute Gasteiger partial charge is 0.322 e. The number of benzene rings is 1. The number of amides is 1. The summed E-state index contributed by atoms with van der Waals surface area (Å²) < 4.78 is 5.46. The molecule has 0 aliphatic carbocycles. The number of aromatic nitrogens is 1. The van der Waals surface area contributed by atoms with E-state index in [9.17, 15) is 14.7 Å². The molecule has 0 spiro atoms. The van der Waals surface area contributed by atoms with Gasteiger partial charge in [-0.3, -0.25) is 9.59 Å². The molecule has 0 atom stereocenters. The lowest BCUT2D eigenvalue weighted by atomic mass is 10.2. The van der Waals surface area contributed by atoms with E-state index in [1.165, 1.54) is 19.2 Å². The van der Waals surface area contributed by atoms with Crippen molar-refractivity contribution >= 4 is 23.4 Å². The Balaban J connectivity index is 1.88. The third kappa shape index (κ3) is 6.05. The van der Waals surface area contributed by atoms with Crippen LogP contribution in [0.2, 0.25) is 0 Å². The van der Waals surface area contributed by atoms with Gasteiger partial charge in [0.2, 0.25) is 5.91 Å². The summed E-state index contributed by atoms with van der Waals surface area (Å²) in [6, 6.07) is 8.24. The van der Waals surface area contributed by atoms with Crippen molar-refractivity contribution in [3.63, 3.8) is 0 Å². The molecule has 2 rings (SSSR count). The van der Waals surface area contributed by atoms with E-state index < -0.39 is 5.97 Å². The minimum Gasteiger partial charge on any atom is -0.504 e. The van der Waals surface area contributed by atoms with E-state index in [0.717, 1.165) is 0 Å². The predicted molar refractivity (Wildman–Crippen MR) is 95.1 cm³/mol. The SMILES string of the molecule is CC(=O)Nc1ccc(OCC#Cc2cnc(NCC(=O)O)c(O)c2)cc1. The average Bonchev–Trinajstić information content (AvgIpc) is 2.58. The van der Waals surface area contributed by atoms with Gasteiger partial charge in [-0.05, 0) is 24.3 Å². The number of aliphatic carboxylic acids is 1. The molecule has 0 bridgehead atoms. The number of nitrogens with zero attached hydrogens (tertiary/aromatic N) is 1. The highest BCUT2D eigenvalue weighted by molar-refractivity contribution is 5.88. The van der Waals surface area contributed by atoms with Crippen molar-refractivity contribution in [2.45, 2.75) is 6.92 Å². The van der Waals surface area contributed by atoms with Crippen LogP contribution in [-0.4, -0.2) is 40.2 Å². The molecule has 8 nitrogen and oxygen atoms in total. The minimum absolute atomic E-state index is 0.0773. The number of hydrogen-bond donors (Lipinski definition) is 4. The molecule has 1 aromatic carbocycles. The van der Waals surface area contributed by atoms with Crippen molar-refractivity contribution in [3.05, 3.63) is 42.1 Å². The molecule has 0 saturated heterocycles. The number of aromatic hydroxyl groups is 1. The van der Waals surface area contributed by atoms with Crippen molar-refractivity contribution < 1.29 is 24.5 Å². The summed E-state index contributed by atoms with van der Waals surface area (Å²) >= 11 is 0. The number of carboxylic acid groups (broad SMARTS) is 1. The first-order valence-corrected chi connectivity index (χ1v) is 7.58. The largest absolute Gasteiger partial charge is 0.504 e. The number of pyridine rings is 1. The average molecular weight is 355 g/mol. The Hall–Kier alpha value is -3.73. The summed E-state index contributed by atoms with van der Waals surface area (Å²) in [4.78, 5) is 25.3. The number of nitrogens with one attached hydrogen (secondary N) is 2. The zero-order valence-corrected chi connectivity index (χ0v) is 13.9. The van der Waals surface area contributed by atoms with Crippen LogP contribution in [0.25, 0.3) is 0 Å². The second-order valence-electron chi connectivity index (χ2n) is 5.14. The number of hydrogen-bond acceptors (Lipinski definition) is 6. The maximum atomic E-state index is 10.9. The molecule has 1 aromatic heterocycles. The Morgan fingerprint density at radius 1 is 1.27 bits per heavy atom. The van der Waals surface area contributed by atoms with Crippen molar-refractivity contribution in [3.8, 4) is 23.3 Å². The van der Waals surface area contributed by atoms with E-state index >= 15 is 0 Å². The first-order chi connectivity index (χ1) is 12.4. The molecule has 1 heterocycles. The lowest BCUT2D eigenvalue weighted by Gasteiger charge is -2.05. The van der Waals surface area contributed by atoms with E-state index in [4.69, 9.17) is 9.84 Å². The second-order valence-corrected chi connectivity index (χ2v) is 5.14. The highest BCUT2D eigenvalue weighted by Gasteiger charge is 2.04. The zero-order valence-electron chi connectivity index (χ0n) is 13.9. The van der Waals surface area contributed by atoms with Gasteiger partial charge in [0.1, 0.15) is 18.9 Å². The van der Waals surface area contributed by atoms with Crippen LogP contribution in [0.3, 0.4) is 0 Å². The van der Waals surface area contributed by atoms with Crippen molar-refractivity contribution in [2.75, 3.05) is 23.8 Å². The highest BCUT2D eigenvalue weighted by atomic mass is 16.5. The fourth-order valence-corrected chi connectivity index (χ4v) is 1.91. The third-order valence-electron chi connectivity index (χ3n) is 2.99. The minimum atomic E-state index is -1.06. The Kier molecular flexibility index (Phi) is 6.40. The summed E-state index contributed by atoms with van der Waals surface area (Å²) in [5, 5.41) is 23.5. The summed E-state index contributed by atoms with van der Waals surface area (Å²) in [6.07, 6.45) is 1.42. The lowest BCUT2D eigenvalue weighted by molar-refractivity contribution is -0.135. The maximum absolute atomic E-state index is 10.9. The van der Waals surface area contributed by atoms with Gasteiger partial charge in [-0.25, -0.2) is 4.98 Å². The van der Waals surface area contributed by atoms with E-state index in [-0.39, 0.29) is 30.6 Å². The van der Waals surface area contributed by atoms with E-state index in [0.29, 0.717) is 17.0 Å². The van der Waals surface area contributed by atoms with E-state index in [1.807, 2.05) is 0 Å². The van der Waals surface area contributed by atoms with Crippen LogP contribution in [0.1, 0.15) is 12.5 Å². The molecule has 0 aliphatic heterocycles. The molecule has 0 fully saturated rings. The van der Waals surface area contributed by atoms with Crippen LogP contribution < -0.4 is 15.4 Å². The number of carbonyl (C=O) groups excluding carboxylic acids is 1. The number of ether oxygens (including phenoxy) is 1. The zero-order chi connectivity index (χ0) is 18.9. The molecule has 0 unspecified atom stereocenters. The maximum Gasteiger partial charge on any atom is 0.322 e. The quantitative estimate of drug-likeness (QED) is 0.582. The van der Waals surface area contributed by atoms with E-state index in [2.05, 4.69) is 27.5 Å². The summed E-state index contributed by atoms with van der Waals surface area (Å²) in [6.45, 7) is 1.21. The number of carbonyl (C=O) groups is 2. The summed E-state index contributed by atoms with van der Waals surface area (Å²) in [7, 11) is 0. The van der Waals surface area contributed by atoms with Gasteiger partial charge >= 0.3 is 5.97 Å². The standard InChI is InChI=1S/C18H17N3O5/c1-12(22)21-14-4-6-15(7-5-14)26-8-2-3-13-9-16(23)18(19-10-13)20-11-17(24)25/h4-7,9-10,23H,8,11H2,1H3,(H,19,20)(H,21,22)(H,24,25). The molecule has 0 saturated carbocycles. The van der Waals surface area contributed by atoms with E-state index in [1.54, 1.807) is 24.3 Å². The Labute approximate surface area is 149 Å². The summed E-state index contributed by atoms with van der Waals surface area (Å²) in [5.41, 5.74) is 1.14. The van der Waals surface area contributed by atoms with Gasteiger partial charge in [0.25, 0.3) is 0 Å². The molecular weight excluding hydrogens is 338 g/mol. The Bertz CT molecular complexity index is 853. The molecule has 0 aliphatic rings. The van der Waals surface area contributed by atoms with Crippen LogP contribution >= 0.6 is 0 Å². The fourth-order valence-electron chi connectivity index (χ4n) is 1.91. The first kappa shape index (κ1) is 18.6. The highest BCUT2D eigenvalue weighted by Crippen LogP contribution is 2.20. The van der Waals surface area contributed by atoms with Gasteiger partial charge < -0.3 is 25.6 Å². The van der Waals surface area contributed by atoms with Crippen molar-refractivity contribution in [2.24, 2.45) is 0 Å². The molecule has 134 valence electrons. The van der Waals surface area contributed by atoms with Gasteiger partial charge in [0, 0.05) is 30.4 Å². The molecule has 1 amide bonds. The third-order valence-corrected chi connectivity index (χ3v) is 2.99. The Morgan fingerprint density at radius 2 is 2.00 bits per heavy atom. The number of carboxylic acids is 1. The van der Waals surface area contributed by atoms with Crippen LogP contribution in [0.5, 0.6) is 11.5 Å². The van der Waals surface area contributed by atoms with Gasteiger partial charge in [0.15, 0.2) is 11.6 Å². The molecule has 26 heavy (non-hydrogen) atoms. The Morgan fingerprint density at radius 3 is 2.62 bits per heavy atom. The van der Waals surface area contributed by atoms with Gasteiger partial charge in [-0.1, -0.05) is 11.8 Å². The first-order valence-electron chi connectivity index (χ1n) is 7.58. The van der Waals surface area contributed by atoms with Crippen LogP contribution in [0, 0.1) is 11.8 Å². The van der Waals surface area contributed by atoms with Crippen LogP contribution in [-0.2, 0) is 9.59 Å². The second kappa shape index (κ2) is 8.94. The predicted octanol–water partition coefficient (Wildman–Crippen LogP) is 1.67. The topological polar surface area (TPSA) is 121 Å². The van der Waals surface area contributed by atoms with Gasteiger partial charge in [-0.15, -0.1) is 0 Å². The number of anilines is 2. The van der Waals surface area contributed by atoms with Crippen molar-refractivity contribution in [1.29, 1.82) is 0 Å². The van der Waals surface area contributed by atoms with Crippen LogP contribution in [0.4, 0.5) is 11.5 Å². The molecule has 0 radical (unpaired) electrons. The monoisotopic (exact) mass is 355 g/mol. The molecule has 2 aromatic rings. The molecule has 4 N–H and O–H groups in total. The van der Waals surface area contributed by atoms with Crippen molar-refractivity contribution in [1.82, 2.24) is 4.98 Å². The fraction of sp³-hybridized carbons (Fsp3) is 0.167. The van der Waals surface area contributed by atoms with Crippen LogP contribution in [0.15, 0.2) is 36.5 Å². The molecular formula is C18H17N3O5. The number of rotatable bonds is 6. The van der Waals surface area contributed by atoms with Gasteiger partial charge in [-0.2, -0.15) is 0 Å². The van der Waals surface area contributed by atoms with Gasteiger partial charge in [0.05, 0.1) is 0 Å². The summed E-state index contributed by atoms with van der Waals surface area (Å²) in [5.74, 6) is 4.86. The normalized spacial score (nSPS) is 9.58. The lowest BCUT2D eigenvalue weighted by Crippen LogP contribution is -2.13.